The Bertz CT molecular complexity index is 1300. The van der Waals surface area contributed by atoms with Crippen LogP contribution in [0, 0.1) is 5.92 Å². The molecule has 0 aliphatic carbocycles. The first kappa shape index (κ1) is 32.3. The van der Waals surface area contributed by atoms with Crippen molar-refractivity contribution in [2.75, 3.05) is 13.2 Å². The molecule has 4 N–H and O–H groups in total. The second-order valence-corrected chi connectivity index (χ2v) is 10.5. The Morgan fingerprint density at radius 2 is 1.69 bits per heavy atom. The van der Waals surface area contributed by atoms with Gasteiger partial charge in [-0.3, -0.25) is 14.4 Å². The molecule has 3 rings (SSSR count). The van der Waals surface area contributed by atoms with Gasteiger partial charge in [0, 0.05) is 29.9 Å². The highest BCUT2D eigenvalue weighted by atomic mass is 16.5. The van der Waals surface area contributed by atoms with E-state index in [1.165, 1.54) is 0 Å². The molecule has 0 saturated heterocycles. The number of carbonyl (C=O) groups excluding carboxylic acids is 3. The number of fused-ring (bicyclic) bond motifs is 1. The number of esters is 1. The number of nitrogens with one attached hydrogen (secondary N) is 3. The molecule has 0 radical (unpaired) electrons. The molecule has 0 unspecified atom stereocenters. The SMILES string of the molecule is C=CCCCCC(=O)OC[C@H](Cc1c[nH]c2ccccc12)NC(=O)[C@@H](CC=C)CC(=O)N[C@@H](CO)Cc1ccccc1. The number of hydrogen-bond acceptors (Lipinski definition) is 5. The number of H-pyrrole nitrogens is 1. The monoisotopic (exact) mass is 573 g/mol. The lowest BCUT2D eigenvalue weighted by Crippen LogP contribution is -2.45. The van der Waals surface area contributed by atoms with Crippen LogP contribution in [0.3, 0.4) is 0 Å². The van der Waals surface area contributed by atoms with Crippen molar-refractivity contribution in [2.24, 2.45) is 5.92 Å². The third kappa shape index (κ3) is 10.7. The summed E-state index contributed by atoms with van der Waals surface area (Å²) in [5, 5.41) is 16.7. The third-order valence-electron chi connectivity index (χ3n) is 7.14. The van der Waals surface area contributed by atoms with Gasteiger partial charge >= 0.3 is 5.97 Å². The van der Waals surface area contributed by atoms with Gasteiger partial charge in [-0.2, -0.15) is 0 Å². The number of unbranched alkanes of at least 4 members (excludes halogenated alkanes) is 2. The van der Waals surface area contributed by atoms with Gasteiger partial charge in [0.05, 0.1) is 24.6 Å². The van der Waals surface area contributed by atoms with E-state index >= 15 is 0 Å². The predicted molar refractivity (Wildman–Crippen MR) is 166 cm³/mol. The van der Waals surface area contributed by atoms with E-state index in [4.69, 9.17) is 4.74 Å². The molecule has 8 nitrogen and oxygen atoms in total. The maximum absolute atomic E-state index is 13.5. The fraction of sp³-hybridized carbons (Fsp3) is 0.382. The summed E-state index contributed by atoms with van der Waals surface area (Å²) in [4.78, 5) is 42.0. The molecule has 3 atom stereocenters. The minimum atomic E-state index is -0.668. The molecule has 224 valence electrons. The third-order valence-corrected chi connectivity index (χ3v) is 7.14. The largest absolute Gasteiger partial charge is 0.463 e. The fourth-order valence-electron chi connectivity index (χ4n) is 4.91. The first-order valence-electron chi connectivity index (χ1n) is 14.6. The standard InChI is InChI=1S/C34H43N3O5/c1-3-5-6-10-18-33(40)42-24-29(20-27-22-35-31-17-12-11-16-30(27)31)37-34(41)26(13-4-2)21-32(39)36-28(23-38)19-25-14-8-7-9-15-25/h3-4,7-9,11-12,14-17,22,26,28-29,35,38H,1-2,5-6,10,13,18-21,23-24H2,(H,36,39)(H,37,41)/t26-,28+,29-/m0/s1. The van der Waals surface area contributed by atoms with Crippen molar-refractivity contribution in [1.29, 1.82) is 0 Å². The number of para-hydroxylation sites is 1. The quantitative estimate of drug-likeness (QED) is 0.0934. The number of aromatic nitrogens is 1. The number of aliphatic hydroxyl groups excluding tert-OH is 1. The van der Waals surface area contributed by atoms with E-state index in [0.29, 0.717) is 32.1 Å². The number of rotatable bonds is 19. The van der Waals surface area contributed by atoms with Gasteiger partial charge in [-0.1, -0.05) is 60.7 Å². The molecule has 0 aliphatic heterocycles. The van der Waals surface area contributed by atoms with E-state index in [1.54, 1.807) is 6.08 Å². The van der Waals surface area contributed by atoms with Crippen LogP contribution in [0.5, 0.6) is 0 Å². The normalized spacial score (nSPS) is 13.1. The average Bonchev–Trinajstić information content (AvgIpc) is 3.40. The molecule has 42 heavy (non-hydrogen) atoms. The van der Waals surface area contributed by atoms with Crippen LogP contribution in [0.2, 0.25) is 0 Å². The molecule has 1 heterocycles. The molecule has 0 fully saturated rings. The molecule has 1 aromatic heterocycles. The minimum absolute atomic E-state index is 0.0161. The Morgan fingerprint density at radius 3 is 2.43 bits per heavy atom. The smallest absolute Gasteiger partial charge is 0.305 e. The lowest BCUT2D eigenvalue weighted by atomic mass is 9.97. The number of carbonyl (C=O) groups is 3. The van der Waals surface area contributed by atoms with E-state index in [9.17, 15) is 19.5 Å². The van der Waals surface area contributed by atoms with Crippen molar-refractivity contribution in [2.45, 2.75) is 63.5 Å². The maximum Gasteiger partial charge on any atom is 0.305 e. The van der Waals surface area contributed by atoms with Gasteiger partial charge in [0.25, 0.3) is 0 Å². The lowest BCUT2D eigenvalue weighted by molar-refractivity contribution is -0.145. The summed E-state index contributed by atoms with van der Waals surface area (Å²) in [7, 11) is 0. The molecule has 2 amide bonds. The first-order valence-corrected chi connectivity index (χ1v) is 14.6. The van der Waals surface area contributed by atoms with Crippen LogP contribution < -0.4 is 10.6 Å². The molecule has 0 bridgehead atoms. The summed E-state index contributed by atoms with van der Waals surface area (Å²) in [6.07, 6.45) is 9.21. The zero-order chi connectivity index (χ0) is 30.2. The van der Waals surface area contributed by atoms with E-state index in [-0.39, 0.29) is 37.4 Å². The summed E-state index contributed by atoms with van der Waals surface area (Å²) in [6.45, 7) is 7.27. The van der Waals surface area contributed by atoms with Gasteiger partial charge in [-0.15, -0.1) is 13.2 Å². The number of ether oxygens (including phenoxy) is 1. The van der Waals surface area contributed by atoms with Crippen LogP contribution >= 0.6 is 0 Å². The average molecular weight is 574 g/mol. The van der Waals surface area contributed by atoms with Crippen molar-refractivity contribution in [3.05, 3.63) is 97.2 Å². The Kier molecular flexibility index (Phi) is 13.6. The topological polar surface area (TPSA) is 121 Å². The second kappa shape index (κ2) is 17.6. The minimum Gasteiger partial charge on any atom is -0.463 e. The predicted octanol–water partition coefficient (Wildman–Crippen LogP) is 4.79. The Balaban J connectivity index is 1.65. The van der Waals surface area contributed by atoms with Gasteiger partial charge in [0.2, 0.25) is 11.8 Å². The zero-order valence-electron chi connectivity index (χ0n) is 24.2. The highest BCUT2D eigenvalue weighted by Gasteiger charge is 2.26. The molecule has 8 heteroatoms. The Labute approximate surface area is 248 Å². The lowest BCUT2D eigenvalue weighted by Gasteiger charge is -2.23. The van der Waals surface area contributed by atoms with Crippen LogP contribution in [0.1, 0.15) is 49.7 Å². The van der Waals surface area contributed by atoms with Gasteiger partial charge in [0.1, 0.15) is 6.61 Å². The van der Waals surface area contributed by atoms with E-state index in [0.717, 1.165) is 34.9 Å². The first-order chi connectivity index (χ1) is 20.4. The van der Waals surface area contributed by atoms with Crippen LogP contribution in [-0.2, 0) is 32.0 Å². The van der Waals surface area contributed by atoms with Crippen LogP contribution in [-0.4, -0.2) is 53.2 Å². The number of amides is 2. The second-order valence-electron chi connectivity index (χ2n) is 10.5. The van der Waals surface area contributed by atoms with Crippen molar-refractivity contribution in [3.8, 4) is 0 Å². The summed E-state index contributed by atoms with van der Waals surface area (Å²) < 4.78 is 5.57. The maximum atomic E-state index is 13.5. The zero-order valence-corrected chi connectivity index (χ0v) is 24.2. The molecule has 3 aromatic rings. The number of aromatic amines is 1. The number of hydrogen-bond donors (Lipinski definition) is 4. The van der Waals surface area contributed by atoms with Crippen molar-refractivity contribution < 1.29 is 24.2 Å². The number of aliphatic hydroxyl groups is 1. The summed E-state index contributed by atoms with van der Waals surface area (Å²) in [6, 6.07) is 16.5. The van der Waals surface area contributed by atoms with Gasteiger partial charge < -0.3 is 25.5 Å². The van der Waals surface area contributed by atoms with Crippen LogP contribution in [0.15, 0.2) is 86.1 Å². The molecular formula is C34H43N3O5. The van der Waals surface area contributed by atoms with Crippen molar-refractivity contribution in [3.63, 3.8) is 0 Å². The Hall–Kier alpha value is -4.17. The molecule has 2 aromatic carbocycles. The number of benzene rings is 2. The summed E-state index contributed by atoms with van der Waals surface area (Å²) in [5.41, 5.74) is 2.96. The summed E-state index contributed by atoms with van der Waals surface area (Å²) in [5.74, 6) is -1.63. The number of allylic oxidation sites excluding steroid dienone is 2. The summed E-state index contributed by atoms with van der Waals surface area (Å²) >= 11 is 0. The van der Waals surface area contributed by atoms with E-state index < -0.39 is 18.0 Å². The van der Waals surface area contributed by atoms with Crippen molar-refractivity contribution >= 4 is 28.7 Å². The van der Waals surface area contributed by atoms with E-state index in [1.807, 2.05) is 66.9 Å². The van der Waals surface area contributed by atoms with Gasteiger partial charge in [-0.25, -0.2) is 0 Å². The van der Waals surface area contributed by atoms with Gasteiger partial charge in [0.15, 0.2) is 0 Å². The highest BCUT2D eigenvalue weighted by molar-refractivity contribution is 5.86. The molecule has 0 aliphatic rings. The Morgan fingerprint density at radius 1 is 0.929 bits per heavy atom. The van der Waals surface area contributed by atoms with Crippen LogP contribution in [0.4, 0.5) is 0 Å². The highest BCUT2D eigenvalue weighted by Crippen LogP contribution is 2.20. The molecule has 0 saturated carbocycles. The van der Waals surface area contributed by atoms with Crippen LogP contribution in [0.25, 0.3) is 10.9 Å². The van der Waals surface area contributed by atoms with E-state index in [2.05, 4.69) is 28.8 Å². The molecular weight excluding hydrogens is 530 g/mol. The van der Waals surface area contributed by atoms with Gasteiger partial charge in [-0.05, 0) is 55.7 Å². The fourth-order valence-corrected chi connectivity index (χ4v) is 4.91. The molecule has 0 spiro atoms. The van der Waals surface area contributed by atoms with Crippen molar-refractivity contribution in [1.82, 2.24) is 15.6 Å².